The van der Waals surface area contributed by atoms with E-state index in [1.807, 2.05) is 4.90 Å². The lowest BCUT2D eigenvalue weighted by Gasteiger charge is -2.29. The maximum absolute atomic E-state index is 12.7. The number of hydrogen-bond donors (Lipinski definition) is 1. The molecule has 1 aliphatic carbocycles. The molecular formula is C19H32N2O4. The summed E-state index contributed by atoms with van der Waals surface area (Å²) in [7, 11) is 0. The number of rotatable bonds is 5. The smallest absolute Gasteiger partial charge is 0.323 e. The normalized spacial score (nSPS) is 22.8. The highest BCUT2D eigenvalue weighted by Gasteiger charge is 2.28. The van der Waals surface area contributed by atoms with Crippen LogP contribution in [0.25, 0.3) is 0 Å². The Morgan fingerprint density at radius 3 is 2.24 bits per heavy atom. The van der Waals surface area contributed by atoms with Crippen molar-refractivity contribution in [2.75, 3.05) is 19.6 Å². The van der Waals surface area contributed by atoms with Crippen molar-refractivity contribution in [3.8, 4) is 0 Å². The monoisotopic (exact) mass is 352 g/mol. The Labute approximate surface area is 150 Å². The maximum atomic E-state index is 12.7. The second kappa shape index (κ2) is 9.78. The van der Waals surface area contributed by atoms with Crippen LogP contribution in [-0.4, -0.2) is 58.4 Å². The Hall–Kier alpha value is -1.59. The van der Waals surface area contributed by atoms with Gasteiger partial charge in [0, 0.05) is 32.5 Å². The third kappa shape index (κ3) is 6.33. The minimum Gasteiger partial charge on any atom is -0.480 e. The van der Waals surface area contributed by atoms with Crippen LogP contribution in [0.2, 0.25) is 0 Å². The van der Waals surface area contributed by atoms with E-state index in [-0.39, 0.29) is 24.4 Å². The highest BCUT2D eigenvalue weighted by Crippen LogP contribution is 2.27. The molecule has 0 radical (unpaired) electrons. The molecule has 142 valence electrons. The summed E-state index contributed by atoms with van der Waals surface area (Å²) in [6.07, 6.45) is 10.3. The number of aliphatic carboxylic acids is 1. The number of amides is 2. The van der Waals surface area contributed by atoms with Gasteiger partial charge in [-0.05, 0) is 38.0 Å². The quantitative estimate of drug-likeness (QED) is 0.772. The first-order valence-corrected chi connectivity index (χ1v) is 9.74. The van der Waals surface area contributed by atoms with Gasteiger partial charge in [0.15, 0.2) is 0 Å². The molecular weight excluding hydrogens is 320 g/mol. The van der Waals surface area contributed by atoms with Crippen LogP contribution in [0.1, 0.15) is 71.1 Å². The van der Waals surface area contributed by atoms with Gasteiger partial charge >= 0.3 is 5.97 Å². The first-order chi connectivity index (χ1) is 12.0. The fourth-order valence-electron chi connectivity index (χ4n) is 4.23. The molecule has 1 aliphatic heterocycles. The number of carbonyl (C=O) groups excluding carboxylic acids is 2. The molecule has 1 unspecified atom stereocenters. The number of carboxylic acid groups (broad SMARTS) is 1. The van der Waals surface area contributed by atoms with E-state index in [0.29, 0.717) is 25.3 Å². The summed E-state index contributed by atoms with van der Waals surface area (Å²) in [5.74, 6) is -0.429. The van der Waals surface area contributed by atoms with Crippen LogP contribution in [0.15, 0.2) is 0 Å². The van der Waals surface area contributed by atoms with Gasteiger partial charge in [-0.3, -0.25) is 14.4 Å². The summed E-state index contributed by atoms with van der Waals surface area (Å²) in [6, 6.07) is -0.0794. The minimum absolute atomic E-state index is 0.0794. The Morgan fingerprint density at radius 1 is 0.960 bits per heavy atom. The molecule has 1 N–H and O–H groups in total. The Morgan fingerprint density at radius 2 is 1.64 bits per heavy atom. The van der Waals surface area contributed by atoms with Gasteiger partial charge in [-0.15, -0.1) is 0 Å². The molecule has 0 bridgehead atoms. The van der Waals surface area contributed by atoms with Crippen LogP contribution >= 0.6 is 0 Å². The van der Waals surface area contributed by atoms with E-state index in [0.717, 1.165) is 19.4 Å². The molecule has 0 spiro atoms. The number of carbonyl (C=O) groups is 3. The predicted octanol–water partition coefficient (Wildman–Crippen LogP) is 2.66. The summed E-state index contributed by atoms with van der Waals surface area (Å²) >= 11 is 0. The molecule has 6 nitrogen and oxygen atoms in total. The molecule has 1 saturated carbocycles. The fourth-order valence-corrected chi connectivity index (χ4v) is 4.23. The third-order valence-corrected chi connectivity index (χ3v) is 5.64. The van der Waals surface area contributed by atoms with Crippen molar-refractivity contribution < 1.29 is 19.5 Å². The molecule has 2 rings (SSSR count). The Balaban J connectivity index is 1.87. The second-order valence-electron chi connectivity index (χ2n) is 7.57. The van der Waals surface area contributed by atoms with Crippen molar-refractivity contribution in [2.45, 2.75) is 77.2 Å². The largest absolute Gasteiger partial charge is 0.480 e. The van der Waals surface area contributed by atoms with Gasteiger partial charge in [0.05, 0.1) is 0 Å². The number of hydrogen-bond acceptors (Lipinski definition) is 3. The van der Waals surface area contributed by atoms with Crippen LogP contribution in [-0.2, 0) is 14.4 Å². The van der Waals surface area contributed by atoms with Crippen LogP contribution in [0.5, 0.6) is 0 Å². The average molecular weight is 352 g/mol. The molecule has 2 fully saturated rings. The van der Waals surface area contributed by atoms with Crippen LogP contribution < -0.4 is 0 Å². The Kier molecular flexibility index (Phi) is 7.72. The first-order valence-electron chi connectivity index (χ1n) is 9.74. The van der Waals surface area contributed by atoms with Crippen molar-refractivity contribution >= 4 is 17.8 Å². The lowest BCUT2D eigenvalue weighted by molar-refractivity contribution is -0.145. The molecule has 0 aromatic carbocycles. The lowest BCUT2D eigenvalue weighted by atomic mass is 9.96. The fraction of sp³-hybridized carbons (Fsp3) is 0.842. The molecule has 2 amide bonds. The highest BCUT2D eigenvalue weighted by molar-refractivity contribution is 5.80. The molecule has 0 aromatic heterocycles. The molecule has 2 aliphatic rings. The minimum atomic E-state index is -0.985. The van der Waals surface area contributed by atoms with Crippen LogP contribution in [0.3, 0.4) is 0 Å². The van der Waals surface area contributed by atoms with Crippen molar-refractivity contribution in [1.82, 2.24) is 9.80 Å². The van der Waals surface area contributed by atoms with Gasteiger partial charge in [-0.2, -0.15) is 0 Å². The van der Waals surface area contributed by atoms with Gasteiger partial charge in [-0.25, -0.2) is 0 Å². The van der Waals surface area contributed by atoms with E-state index < -0.39 is 5.97 Å². The molecule has 1 atom stereocenters. The molecule has 1 heterocycles. The van der Waals surface area contributed by atoms with Gasteiger partial charge in [-0.1, -0.05) is 25.7 Å². The van der Waals surface area contributed by atoms with Gasteiger partial charge < -0.3 is 14.9 Å². The zero-order valence-electron chi connectivity index (χ0n) is 15.4. The van der Waals surface area contributed by atoms with Crippen LogP contribution in [0.4, 0.5) is 0 Å². The molecule has 6 heteroatoms. The first kappa shape index (κ1) is 19.7. The summed E-state index contributed by atoms with van der Waals surface area (Å²) in [4.78, 5) is 38.8. The van der Waals surface area contributed by atoms with E-state index in [9.17, 15) is 14.4 Å². The molecule has 0 aromatic rings. The van der Waals surface area contributed by atoms with E-state index >= 15 is 0 Å². The second-order valence-corrected chi connectivity index (χ2v) is 7.57. The highest BCUT2D eigenvalue weighted by atomic mass is 16.4. The summed E-state index contributed by atoms with van der Waals surface area (Å²) in [5.41, 5.74) is 0. The molecule has 1 saturated heterocycles. The third-order valence-electron chi connectivity index (χ3n) is 5.64. The number of likely N-dealkylation sites (tertiary alicyclic amines) is 1. The van der Waals surface area contributed by atoms with Crippen molar-refractivity contribution in [3.63, 3.8) is 0 Å². The number of nitrogens with zero attached hydrogens (tertiary/aromatic N) is 2. The van der Waals surface area contributed by atoms with Gasteiger partial charge in [0.2, 0.25) is 11.8 Å². The van der Waals surface area contributed by atoms with Crippen molar-refractivity contribution in [1.29, 1.82) is 0 Å². The zero-order chi connectivity index (χ0) is 18.2. The lowest BCUT2D eigenvalue weighted by Crippen LogP contribution is -2.43. The van der Waals surface area contributed by atoms with Crippen LogP contribution in [0, 0.1) is 5.92 Å². The Bertz CT molecular complexity index is 472. The zero-order valence-corrected chi connectivity index (χ0v) is 15.4. The van der Waals surface area contributed by atoms with E-state index in [4.69, 9.17) is 5.11 Å². The van der Waals surface area contributed by atoms with Crippen molar-refractivity contribution in [3.05, 3.63) is 0 Å². The summed E-state index contributed by atoms with van der Waals surface area (Å²) < 4.78 is 0. The van der Waals surface area contributed by atoms with Crippen molar-refractivity contribution in [2.24, 2.45) is 5.92 Å². The average Bonchev–Trinajstić information content (AvgIpc) is 2.95. The van der Waals surface area contributed by atoms with Gasteiger partial charge in [0.25, 0.3) is 0 Å². The van der Waals surface area contributed by atoms with E-state index in [1.165, 1.54) is 50.3 Å². The number of carboxylic acids is 1. The van der Waals surface area contributed by atoms with E-state index in [2.05, 4.69) is 0 Å². The van der Waals surface area contributed by atoms with Gasteiger partial charge in [0.1, 0.15) is 6.54 Å². The predicted molar refractivity (Wildman–Crippen MR) is 95.1 cm³/mol. The SMILES string of the molecule is CC(=O)N(CC(=O)O)C1CCCN(C(=O)CC2CCCCCC2)CC1. The summed E-state index contributed by atoms with van der Waals surface area (Å²) in [5, 5.41) is 9.02. The van der Waals surface area contributed by atoms with E-state index in [1.54, 1.807) is 0 Å². The maximum Gasteiger partial charge on any atom is 0.323 e. The standard InChI is InChI=1S/C19H32N2O4/c1-15(22)21(14-19(24)25)17-9-6-11-20(12-10-17)18(23)13-16-7-4-2-3-5-8-16/h16-17H,2-14H2,1H3,(H,24,25). The topological polar surface area (TPSA) is 77.9 Å². The molecule has 25 heavy (non-hydrogen) atoms. The summed E-state index contributed by atoms with van der Waals surface area (Å²) in [6.45, 7) is 2.51.